The van der Waals surface area contributed by atoms with Crippen LogP contribution in [0.2, 0.25) is 0 Å². The molecule has 0 spiro atoms. The van der Waals surface area contributed by atoms with Crippen LogP contribution in [0.5, 0.6) is 0 Å². The predicted octanol–water partition coefficient (Wildman–Crippen LogP) is 4.02. The van der Waals surface area contributed by atoms with E-state index in [0.717, 1.165) is 10.9 Å². The van der Waals surface area contributed by atoms with Gasteiger partial charge in [-0.25, -0.2) is 0 Å². The van der Waals surface area contributed by atoms with Crippen LogP contribution in [-0.4, -0.2) is 31.6 Å². The number of alkyl halides is 3. The fraction of sp³-hybridized carbons (Fsp3) is 0.263. The Balaban J connectivity index is 1.91. The van der Waals surface area contributed by atoms with Gasteiger partial charge in [0, 0.05) is 16.0 Å². The lowest BCUT2D eigenvalue weighted by Crippen LogP contribution is -2.14. The first-order valence-corrected chi connectivity index (χ1v) is 9.54. The summed E-state index contributed by atoms with van der Waals surface area (Å²) in [6, 6.07) is 7.05. The smallest absolute Gasteiger partial charge is 0.417 e. The van der Waals surface area contributed by atoms with Crippen molar-refractivity contribution in [3.8, 4) is 5.00 Å². The number of fused-ring (bicyclic) bond motifs is 3. The number of aliphatic carboxylic acids is 1. The van der Waals surface area contributed by atoms with Crippen LogP contribution in [0.4, 0.5) is 13.2 Å². The Morgan fingerprint density at radius 2 is 2.00 bits per heavy atom. The van der Waals surface area contributed by atoms with Gasteiger partial charge in [-0.2, -0.15) is 13.2 Å². The van der Waals surface area contributed by atoms with Crippen LogP contribution in [0.25, 0.3) is 5.00 Å². The van der Waals surface area contributed by atoms with Gasteiger partial charge < -0.3 is 5.11 Å². The summed E-state index contributed by atoms with van der Waals surface area (Å²) in [5, 5.41) is 17.8. The highest BCUT2D eigenvalue weighted by molar-refractivity contribution is 7.15. The van der Waals surface area contributed by atoms with Gasteiger partial charge in [0.25, 0.3) is 0 Å². The van der Waals surface area contributed by atoms with Gasteiger partial charge in [-0.3, -0.25) is 14.4 Å². The molecule has 0 bridgehead atoms. The van der Waals surface area contributed by atoms with Crippen molar-refractivity contribution in [2.75, 3.05) is 0 Å². The first-order chi connectivity index (χ1) is 13.8. The number of benzene rings is 1. The Labute approximate surface area is 167 Å². The zero-order valence-corrected chi connectivity index (χ0v) is 16.0. The Kier molecular flexibility index (Phi) is 4.73. The number of thiophene rings is 1. The zero-order valence-electron chi connectivity index (χ0n) is 15.2. The molecular weight excluding hydrogens is 405 g/mol. The van der Waals surface area contributed by atoms with Crippen LogP contribution in [-0.2, 0) is 23.9 Å². The summed E-state index contributed by atoms with van der Waals surface area (Å²) in [6.45, 7) is 1.85. The molecule has 1 aliphatic rings. The van der Waals surface area contributed by atoms with Crippen molar-refractivity contribution >= 4 is 23.0 Å². The largest absolute Gasteiger partial charge is 0.481 e. The van der Waals surface area contributed by atoms with E-state index in [9.17, 15) is 18.0 Å². The zero-order chi connectivity index (χ0) is 20.8. The van der Waals surface area contributed by atoms with E-state index in [4.69, 9.17) is 5.11 Å². The van der Waals surface area contributed by atoms with E-state index < -0.39 is 17.7 Å². The van der Waals surface area contributed by atoms with Crippen LogP contribution in [0.3, 0.4) is 0 Å². The van der Waals surface area contributed by atoms with E-state index in [1.54, 1.807) is 23.6 Å². The number of carboxylic acids is 1. The molecule has 1 aliphatic heterocycles. The second-order valence-corrected chi connectivity index (χ2v) is 7.65. The standard InChI is InChI=1S/C19H15F3N4O2S/c1-10-24-25-15-9-23-17(12-4-2-3-5-14(12)19(20,21)22)13-8-11(6-7-16(27)28)29-18(13)26(10)15/h2-5,8H,6-7,9H2,1H3,(H,27,28). The van der Waals surface area contributed by atoms with Gasteiger partial charge >= 0.3 is 12.1 Å². The van der Waals surface area contributed by atoms with Crippen LogP contribution in [0.1, 0.15) is 39.6 Å². The SMILES string of the molecule is Cc1nnc2n1-c1sc(CCC(=O)O)cc1C(c1ccccc1C(F)(F)F)=NC2. The summed E-state index contributed by atoms with van der Waals surface area (Å²) in [7, 11) is 0. The van der Waals surface area contributed by atoms with E-state index >= 15 is 0 Å². The summed E-state index contributed by atoms with van der Waals surface area (Å²) >= 11 is 1.32. The van der Waals surface area contributed by atoms with Crippen molar-refractivity contribution < 1.29 is 23.1 Å². The van der Waals surface area contributed by atoms with Gasteiger partial charge in [0.2, 0.25) is 0 Å². The van der Waals surface area contributed by atoms with Crippen molar-refractivity contribution in [1.82, 2.24) is 14.8 Å². The summed E-state index contributed by atoms with van der Waals surface area (Å²) in [5.74, 6) is 0.175. The minimum atomic E-state index is -4.53. The number of hydrogen-bond donors (Lipinski definition) is 1. The van der Waals surface area contributed by atoms with Crippen molar-refractivity contribution in [1.29, 1.82) is 0 Å². The third kappa shape index (κ3) is 3.55. The van der Waals surface area contributed by atoms with E-state index in [0.29, 0.717) is 22.2 Å². The van der Waals surface area contributed by atoms with Crippen LogP contribution >= 0.6 is 11.3 Å². The number of rotatable bonds is 4. The molecular formula is C19H15F3N4O2S. The van der Waals surface area contributed by atoms with Crippen LogP contribution in [0.15, 0.2) is 35.3 Å². The first kappa shape index (κ1) is 19.3. The maximum Gasteiger partial charge on any atom is 0.417 e. The fourth-order valence-corrected chi connectivity index (χ4v) is 4.52. The van der Waals surface area contributed by atoms with E-state index in [-0.39, 0.29) is 30.7 Å². The molecule has 150 valence electrons. The molecule has 0 saturated carbocycles. The monoisotopic (exact) mass is 420 g/mol. The first-order valence-electron chi connectivity index (χ1n) is 8.73. The molecule has 1 aromatic carbocycles. The molecule has 0 amide bonds. The minimum Gasteiger partial charge on any atom is -0.481 e. The second-order valence-electron chi connectivity index (χ2n) is 6.53. The van der Waals surface area contributed by atoms with Gasteiger partial charge in [-0.15, -0.1) is 21.5 Å². The summed E-state index contributed by atoms with van der Waals surface area (Å²) in [5.41, 5.74) is -0.0399. The third-order valence-electron chi connectivity index (χ3n) is 4.57. The predicted molar refractivity (Wildman–Crippen MR) is 101 cm³/mol. The van der Waals surface area contributed by atoms with Gasteiger partial charge in [-0.05, 0) is 25.5 Å². The van der Waals surface area contributed by atoms with Crippen molar-refractivity contribution in [3.05, 3.63) is 63.5 Å². The average Bonchev–Trinajstić information content (AvgIpc) is 3.19. The molecule has 0 radical (unpaired) electrons. The van der Waals surface area contributed by atoms with Gasteiger partial charge in [0.1, 0.15) is 17.4 Å². The number of aliphatic imine (C=N–C) groups is 1. The van der Waals surface area contributed by atoms with Gasteiger partial charge in [-0.1, -0.05) is 18.2 Å². The Hall–Kier alpha value is -3.01. The molecule has 4 rings (SSSR count). The van der Waals surface area contributed by atoms with Crippen LogP contribution in [0, 0.1) is 6.92 Å². The maximum absolute atomic E-state index is 13.6. The highest BCUT2D eigenvalue weighted by Gasteiger charge is 2.36. The molecule has 6 nitrogen and oxygen atoms in total. The lowest BCUT2D eigenvalue weighted by atomic mass is 9.97. The quantitative estimate of drug-likeness (QED) is 0.691. The number of nitrogens with zero attached hydrogens (tertiary/aromatic N) is 4. The Morgan fingerprint density at radius 3 is 2.72 bits per heavy atom. The average molecular weight is 420 g/mol. The summed E-state index contributed by atoms with van der Waals surface area (Å²) < 4.78 is 42.6. The van der Waals surface area contributed by atoms with E-state index in [1.165, 1.54) is 23.5 Å². The summed E-state index contributed by atoms with van der Waals surface area (Å²) in [4.78, 5) is 16.2. The molecule has 10 heteroatoms. The molecule has 2 aromatic heterocycles. The summed E-state index contributed by atoms with van der Waals surface area (Å²) in [6.07, 6.45) is -4.32. The van der Waals surface area contributed by atoms with Gasteiger partial charge in [0.05, 0.1) is 17.7 Å². The highest BCUT2D eigenvalue weighted by Crippen LogP contribution is 2.37. The lowest BCUT2D eigenvalue weighted by molar-refractivity contribution is -0.138. The molecule has 0 atom stereocenters. The highest BCUT2D eigenvalue weighted by atomic mass is 32.1. The molecule has 3 heterocycles. The van der Waals surface area contributed by atoms with Crippen molar-refractivity contribution in [3.63, 3.8) is 0 Å². The molecule has 0 aliphatic carbocycles. The number of aromatic nitrogens is 3. The Bertz CT molecular complexity index is 1130. The topological polar surface area (TPSA) is 80.4 Å². The molecule has 3 aromatic rings. The number of carbonyl (C=O) groups is 1. The molecule has 1 N–H and O–H groups in total. The number of halogens is 3. The molecule has 0 saturated heterocycles. The van der Waals surface area contributed by atoms with Crippen molar-refractivity contribution in [2.24, 2.45) is 4.99 Å². The number of carboxylic acid groups (broad SMARTS) is 1. The number of hydrogen-bond acceptors (Lipinski definition) is 5. The normalized spacial score (nSPS) is 13.4. The van der Waals surface area contributed by atoms with E-state index in [2.05, 4.69) is 15.2 Å². The number of aryl methyl sites for hydroxylation is 2. The van der Waals surface area contributed by atoms with E-state index in [1.807, 2.05) is 0 Å². The van der Waals surface area contributed by atoms with Crippen molar-refractivity contribution in [2.45, 2.75) is 32.5 Å². The molecule has 29 heavy (non-hydrogen) atoms. The molecule has 0 fully saturated rings. The Morgan fingerprint density at radius 1 is 1.24 bits per heavy atom. The fourth-order valence-electron chi connectivity index (χ4n) is 3.30. The second kappa shape index (κ2) is 7.11. The lowest BCUT2D eigenvalue weighted by Gasteiger charge is -2.14. The third-order valence-corrected chi connectivity index (χ3v) is 5.75. The van der Waals surface area contributed by atoms with Crippen LogP contribution < -0.4 is 0 Å². The van der Waals surface area contributed by atoms with Gasteiger partial charge in [0.15, 0.2) is 5.82 Å². The molecule has 0 unspecified atom stereocenters. The maximum atomic E-state index is 13.6. The minimum absolute atomic E-state index is 0.0137.